The van der Waals surface area contributed by atoms with E-state index in [4.69, 9.17) is 5.21 Å². The van der Waals surface area contributed by atoms with Crippen LogP contribution in [0.15, 0.2) is 58.8 Å². The molecule has 0 unspecified atom stereocenters. The zero-order valence-corrected chi connectivity index (χ0v) is 12.5. The van der Waals surface area contributed by atoms with Gasteiger partial charge in [0.1, 0.15) is 0 Å². The second-order valence-electron chi connectivity index (χ2n) is 4.81. The van der Waals surface area contributed by atoms with E-state index in [1.807, 2.05) is 6.92 Å². The molecule has 1 aromatic carbocycles. The van der Waals surface area contributed by atoms with E-state index in [9.17, 15) is 8.42 Å². The molecule has 3 rings (SSSR count). The van der Waals surface area contributed by atoms with E-state index in [-0.39, 0.29) is 10.5 Å². The molecule has 22 heavy (non-hydrogen) atoms. The normalized spacial score (nSPS) is 12.2. The number of pyridine rings is 1. The number of oxime groups is 1. The Balaban J connectivity index is 2.22. The molecule has 2 heterocycles. The molecule has 3 aromatic rings. The van der Waals surface area contributed by atoms with Crippen LogP contribution < -0.4 is 0 Å². The fourth-order valence-electron chi connectivity index (χ4n) is 2.23. The zero-order chi connectivity index (χ0) is 15.7. The largest absolute Gasteiger partial charge is 0.411 e. The Kier molecular flexibility index (Phi) is 3.42. The van der Waals surface area contributed by atoms with Gasteiger partial charge >= 0.3 is 0 Å². The molecule has 112 valence electrons. The van der Waals surface area contributed by atoms with Crippen LogP contribution in [0.1, 0.15) is 11.1 Å². The van der Waals surface area contributed by atoms with Crippen LogP contribution in [0.4, 0.5) is 0 Å². The highest BCUT2D eigenvalue weighted by Gasteiger charge is 2.20. The Morgan fingerprint density at radius 1 is 1.18 bits per heavy atom. The Hall–Kier alpha value is -2.67. The first-order valence-corrected chi connectivity index (χ1v) is 7.94. The lowest BCUT2D eigenvalue weighted by atomic mass is 10.2. The van der Waals surface area contributed by atoms with Gasteiger partial charge in [0.05, 0.1) is 11.1 Å². The van der Waals surface area contributed by atoms with E-state index in [2.05, 4.69) is 10.1 Å². The van der Waals surface area contributed by atoms with Crippen molar-refractivity contribution in [1.82, 2.24) is 8.96 Å². The molecule has 6 nitrogen and oxygen atoms in total. The minimum Gasteiger partial charge on any atom is -0.411 e. The third-order valence-electron chi connectivity index (χ3n) is 3.36. The number of fused-ring (bicyclic) bond motifs is 1. The zero-order valence-electron chi connectivity index (χ0n) is 11.7. The maximum atomic E-state index is 12.7. The van der Waals surface area contributed by atoms with Gasteiger partial charge in [0.15, 0.2) is 5.65 Å². The van der Waals surface area contributed by atoms with Crippen LogP contribution in [0.25, 0.3) is 11.0 Å². The number of aromatic nitrogens is 2. The lowest BCUT2D eigenvalue weighted by molar-refractivity contribution is 0.322. The maximum Gasteiger partial charge on any atom is 0.269 e. The second-order valence-corrected chi connectivity index (χ2v) is 6.63. The van der Waals surface area contributed by atoms with E-state index in [0.717, 1.165) is 9.54 Å². The monoisotopic (exact) mass is 315 g/mol. The highest BCUT2D eigenvalue weighted by molar-refractivity contribution is 7.90. The van der Waals surface area contributed by atoms with Crippen LogP contribution in [0.3, 0.4) is 0 Å². The summed E-state index contributed by atoms with van der Waals surface area (Å²) >= 11 is 0. The van der Waals surface area contributed by atoms with Crippen LogP contribution in [0, 0.1) is 6.92 Å². The summed E-state index contributed by atoms with van der Waals surface area (Å²) in [6.07, 6.45) is 4.16. The lowest BCUT2D eigenvalue weighted by Crippen LogP contribution is -2.12. The Bertz CT molecular complexity index is 957. The van der Waals surface area contributed by atoms with Crippen molar-refractivity contribution < 1.29 is 13.6 Å². The van der Waals surface area contributed by atoms with Gasteiger partial charge in [-0.1, -0.05) is 22.9 Å². The summed E-state index contributed by atoms with van der Waals surface area (Å²) in [7, 11) is -3.72. The molecule has 0 radical (unpaired) electrons. The predicted octanol–water partition coefficient (Wildman–Crippen LogP) is 2.39. The van der Waals surface area contributed by atoms with Crippen molar-refractivity contribution in [3.05, 3.63) is 59.9 Å². The minimum absolute atomic E-state index is 0.193. The van der Waals surface area contributed by atoms with Gasteiger partial charge in [-0.05, 0) is 31.2 Å². The molecular weight excluding hydrogens is 302 g/mol. The number of benzene rings is 1. The molecule has 0 aliphatic rings. The van der Waals surface area contributed by atoms with Crippen LogP contribution in [-0.2, 0) is 10.0 Å². The van der Waals surface area contributed by atoms with Crippen molar-refractivity contribution in [2.24, 2.45) is 5.16 Å². The lowest BCUT2D eigenvalue weighted by Gasteiger charge is -2.07. The number of hydrogen-bond acceptors (Lipinski definition) is 5. The number of nitrogens with zero attached hydrogens (tertiary/aromatic N) is 3. The summed E-state index contributed by atoms with van der Waals surface area (Å²) in [5, 5.41) is 12.3. The van der Waals surface area contributed by atoms with Gasteiger partial charge in [-0.15, -0.1) is 0 Å². The van der Waals surface area contributed by atoms with Gasteiger partial charge in [0.2, 0.25) is 0 Å². The summed E-state index contributed by atoms with van der Waals surface area (Å²) in [6, 6.07) is 9.90. The Morgan fingerprint density at radius 3 is 2.59 bits per heavy atom. The van der Waals surface area contributed by atoms with Crippen LogP contribution >= 0.6 is 0 Å². The Morgan fingerprint density at radius 2 is 1.91 bits per heavy atom. The van der Waals surface area contributed by atoms with Crippen molar-refractivity contribution in [2.45, 2.75) is 11.8 Å². The smallest absolute Gasteiger partial charge is 0.269 e. The summed E-state index contributed by atoms with van der Waals surface area (Å²) < 4.78 is 26.6. The standard InChI is InChI=1S/C15H13N3O3S/c1-11-2-4-13(5-3-11)22(20,21)18-9-7-14-12(10-17-19)6-8-16-15(14)18/h2-10,19H,1H3. The van der Waals surface area contributed by atoms with E-state index in [1.165, 1.54) is 18.6 Å². The average Bonchev–Trinajstić information content (AvgIpc) is 2.94. The molecule has 7 heteroatoms. The topological polar surface area (TPSA) is 84.5 Å². The van der Waals surface area contributed by atoms with Crippen molar-refractivity contribution in [3.63, 3.8) is 0 Å². The Labute approximate surface area is 127 Å². The molecule has 0 amide bonds. The SMILES string of the molecule is Cc1ccc(S(=O)(=O)n2ccc3c(C=NO)ccnc32)cc1. The van der Waals surface area contributed by atoms with Gasteiger partial charge in [0, 0.05) is 23.3 Å². The molecule has 0 fully saturated rings. The summed E-state index contributed by atoms with van der Waals surface area (Å²) in [4.78, 5) is 4.33. The molecule has 1 N–H and O–H groups in total. The first-order chi connectivity index (χ1) is 10.5. The maximum absolute atomic E-state index is 12.7. The molecule has 0 spiro atoms. The number of rotatable bonds is 3. The highest BCUT2D eigenvalue weighted by Crippen LogP contribution is 2.22. The van der Waals surface area contributed by atoms with Gasteiger partial charge in [-0.25, -0.2) is 17.4 Å². The van der Waals surface area contributed by atoms with Gasteiger partial charge in [-0.3, -0.25) is 0 Å². The molecule has 0 aliphatic carbocycles. The van der Waals surface area contributed by atoms with Crippen molar-refractivity contribution >= 4 is 27.3 Å². The van der Waals surface area contributed by atoms with Gasteiger partial charge < -0.3 is 5.21 Å². The molecule has 0 saturated carbocycles. The average molecular weight is 315 g/mol. The van der Waals surface area contributed by atoms with E-state index < -0.39 is 10.0 Å². The summed E-state index contributed by atoms with van der Waals surface area (Å²) in [6.45, 7) is 1.89. The second kappa shape index (κ2) is 5.27. The van der Waals surface area contributed by atoms with Crippen LogP contribution in [0.2, 0.25) is 0 Å². The fourth-order valence-corrected chi connectivity index (χ4v) is 3.53. The highest BCUT2D eigenvalue weighted by atomic mass is 32.2. The third kappa shape index (κ3) is 2.25. The molecule has 0 atom stereocenters. The predicted molar refractivity (Wildman–Crippen MR) is 82.9 cm³/mol. The van der Waals surface area contributed by atoms with E-state index in [0.29, 0.717) is 10.9 Å². The first-order valence-electron chi connectivity index (χ1n) is 6.50. The molecule has 0 bridgehead atoms. The molecule has 0 saturated heterocycles. The molecule has 0 aliphatic heterocycles. The van der Waals surface area contributed by atoms with Gasteiger partial charge in [-0.2, -0.15) is 0 Å². The number of aryl methyl sites for hydroxylation is 1. The fraction of sp³-hybridized carbons (Fsp3) is 0.0667. The molecule has 2 aromatic heterocycles. The van der Waals surface area contributed by atoms with Crippen LogP contribution in [0.5, 0.6) is 0 Å². The van der Waals surface area contributed by atoms with Gasteiger partial charge in [0.25, 0.3) is 10.0 Å². The van der Waals surface area contributed by atoms with Crippen LogP contribution in [-0.4, -0.2) is 28.8 Å². The summed E-state index contributed by atoms with van der Waals surface area (Å²) in [5.74, 6) is 0. The molecular formula is C15H13N3O3S. The van der Waals surface area contributed by atoms with Crippen molar-refractivity contribution in [3.8, 4) is 0 Å². The minimum atomic E-state index is -3.72. The van der Waals surface area contributed by atoms with Crippen molar-refractivity contribution in [2.75, 3.05) is 0 Å². The third-order valence-corrected chi connectivity index (χ3v) is 5.04. The number of hydrogen-bond donors (Lipinski definition) is 1. The van der Waals surface area contributed by atoms with E-state index >= 15 is 0 Å². The quantitative estimate of drug-likeness (QED) is 0.457. The van der Waals surface area contributed by atoms with E-state index in [1.54, 1.807) is 36.4 Å². The first kappa shape index (κ1) is 14.3. The van der Waals surface area contributed by atoms with Crippen molar-refractivity contribution in [1.29, 1.82) is 0 Å². The summed E-state index contributed by atoms with van der Waals surface area (Å²) in [5.41, 5.74) is 1.86.